The van der Waals surface area contributed by atoms with Gasteiger partial charge in [-0.15, -0.1) is 0 Å². The van der Waals surface area contributed by atoms with Crippen molar-refractivity contribution in [2.45, 2.75) is 47.0 Å². The molecule has 0 amide bonds. The lowest BCUT2D eigenvalue weighted by molar-refractivity contribution is -0.105. The zero-order chi connectivity index (χ0) is 11.8. The number of rotatable bonds is 6. The van der Waals surface area contributed by atoms with Crippen LogP contribution in [0.15, 0.2) is 22.3 Å². The molecule has 2 heteroatoms. The van der Waals surface area contributed by atoms with Crippen LogP contribution in [0.1, 0.15) is 47.0 Å². The SMILES string of the molecule is CCC(C=O)=C(C)C(CC)=C(C=O)CC. The Morgan fingerprint density at radius 2 is 1.33 bits per heavy atom. The molecule has 15 heavy (non-hydrogen) atoms. The van der Waals surface area contributed by atoms with Gasteiger partial charge in [0, 0.05) is 0 Å². The molecule has 0 aliphatic carbocycles. The van der Waals surface area contributed by atoms with Gasteiger partial charge in [-0.3, -0.25) is 9.59 Å². The summed E-state index contributed by atoms with van der Waals surface area (Å²) in [6, 6.07) is 0. The topological polar surface area (TPSA) is 34.1 Å². The molecule has 0 aliphatic rings. The van der Waals surface area contributed by atoms with E-state index in [-0.39, 0.29) is 0 Å². The fraction of sp³-hybridized carbons (Fsp3) is 0.538. The van der Waals surface area contributed by atoms with Crippen LogP contribution in [-0.4, -0.2) is 12.6 Å². The van der Waals surface area contributed by atoms with Crippen molar-refractivity contribution >= 4 is 12.6 Å². The van der Waals surface area contributed by atoms with E-state index in [0.717, 1.165) is 47.7 Å². The molecule has 0 heterocycles. The molecule has 0 radical (unpaired) electrons. The highest BCUT2D eigenvalue weighted by Crippen LogP contribution is 2.22. The lowest BCUT2D eigenvalue weighted by Gasteiger charge is -2.11. The van der Waals surface area contributed by atoms with Gasteiger partial charge in [-0.1, -0.05) is 20.8 Å². The van der Waals surface area contributed by atoms with Crippen molar-refractivity contribution in [2.75, 3.05) is 0 Å². The quantitative estimate of drug-likeness (QED) is 0.381. The Bertz CT molecular complexity index is 296. The maximum Gasteiger partial charge on any atom is 0.146 e. The average molecular weight is 208 g/mol. The summed E-state index contributed by atoms with van der Waals surface area (Å²) in [7, 11) is 0. The molecule has 0 rings (SSSR count). The van der Waals surface area contributed by atoms with Gasteiger partial charge in [0.25, 0.3) is 0 Å². The van der Waals surface area contributed by atoms with E-state index in [2.05, 4.69) is 0 Å². The minimum Gasteiger partial charge on any atom is -0.298 e. The van der Waals surface area contributed by atoms with E-state index < -0.39 is 0 Å². The number of hydrogen-bond acceptors (Lipinski definition) is 2. The zero-order valence-corrected chi connectivity index (χ0v) is 10.1. The maximum atomic E-state index is 10.9. The highest BCUT2D eigenvalue weighted by atomic mass is 16.1. The van der Waals surface area contributed by atoms with Crippen LogP contribution in [0.25, 0.3) is 0 Å². The van der Waals surface area contributed by atoms with Crippen molar-refractivity contribution in [1.82, 2.24) is 0 Å². The van der Waals surface area contributed by atoms with E-state index in [4.69, 9.17) is 0 Å². The van der Waals surface area contributed by atoms with Gasteiger partial charge in [0.15, 0.2) is 0 Å². The number of hydrogen-bond donors (Lipinski definition) is 0. The van der Waals surface area contributed by atoms with E-state index >= 15 is 0 Å². The third-order valence-corrected chi connectivity index (χ3v) is 2.72. The Kier molecular flexibility index (Phi) is 6.59. The van der Waals surface area contributed by atoms with Crippen molar-refractivity contribution in [3.8, 4) is 0 Å². The minimum atomic E-state index is 0.717. The Morgan fingerprint density at radius 1 is 0.867 bits per heavy atom. The van der Waals surface area contributed by atoms with E-state index in [1.54, 1.807) is 0 Å². The number of allylic oxidation sites excluding steroid dienone is 4. The smallest absolute Gasteiger partial charge is 0.146 e. The Hall–Kier alpha value is -1.18. The highest BCUT2D eigenvalue weighted by molar-refractivity contribution is 5.80. The van der Waals surface area contributed by atoms with E-state index in [1.807, 2.05) is 27.7 Å². The summed E-state index contributed by atoms with van der Waals surface area (Å²) < 4.78 is 0. The summed E-state index contributed by atoms with van der Waals surface area (Å²) in [6.07, 6.45) is 4.03. The lowest BCUT2D eigenvalue weighted by Crippen LogP contribution is -1.98. The second kappa shape index (κ2) is 7.16. The van der Waals surface area contributed by atoms with Crippen molar-refractivity contribution in [3.05, 3.63) is 22.3 Å². The van der Waals surface area contributed by atoms with Crippen molar-refractivity contribution in [3.63, 3.8) is 0 Å². The first-order valence-electron chi connectivity index (χ1n) is 5.48. The van der Waals surface area contributed by atoms with E-state index in [9.17, 15) is 9.59 Å². The maximum absolute atomic E-state index is 10.9. The summed E-state index contributed by atoms with van der Waals surface area (Å²) in [5, 5.41) is 0. The van der Waals surface area contributed by atoms with Crippen LogP contribution in [0.3, 0.4) is 0 Å². The monoisotopic (exact) mass is 208 g/mol. The molecule has 0 aromatic heterocycles. The van der Waals surface area contributed by atoms with Crippen LogP contribution < -0.4 is 0 Å². The normalized spacial score (nSPS) is 14.1. The Morgan fingerprint density at radius 3 is 1.60 bits per heavy atom. The summed E-state index contributed by atoms with van der Waals surface area (Å²) in [6.45, 7) is 7.84. The van der Waals surface area contributed by atoms with Gasteiger partial charge in [-0.2, -0.15) is 0 Å². The van der Waals surface area contributed by atoms with Crippen LogP contribution in [0, 0.1) is 0 Å². The minimum absolute atomic E-state index is 0.717. The van der Waals surface area contributed by atoms with Crippen molar-refractivity contribution in [1.29, 1.82) is 0 Å². The molecule has 0 spiro atoms. The number of carbonyl (C=O) groups excluding carboxylic acids is 2. The van der Waals surface area contributed by atoms with Crippen LogP contribution in [0.2, 0.25) is 0 Å². The molecular formula is C13H20O2. The van der Waals surface area contributed by atoms with Gasteiger partial charge in [-0.05, 0) is 48.5 Å². The highest BCUT2D eigenvalue weighted by Gasteiger charge is 2.08. The molecular weight excluding hydrogens is 188 g/mol. The van der Waals surface area contributed by atoms with Crippen molar-refractivity contribution < 1.29 is 9.59 Å². The predicted octanol–water partition coefficient (Wildman–Crippen LogP) is 3.23. The fourth-order valence-corrected chi connectivity index (χ4v) is 1.73. The van der Waals surface area contributed by atoms with Crippen LogP contribution in [0.5, 0.6) is 0 Å². The molecule has 2 nitrogen and oxygen atoms in total. The molecule has 0 N–H and O–H groups in total. The zero-order valence-electron chi connectivity index (χ0n) is 10.1. The van der Waals surface area contributed by atoms with Gasteiger partial charge in [0.1, 0.15) is 12.6 Å². The lowest BCUT2D eigenvalue weighted by atomic mass is 9.93. The molecule has 0 aliphatic heterocycles. The number of aldehydes is 2. The Balaban J connectivity index is 5.48. The largest absolute Gasteiger partial charge is 0.298 e. The molecule has 0 saturated heterocycles. The standard InChI is InChI=1S/C13H20O2/c1-5-11(8-14)10(4)13(7-3)12(6-2)9-15/h8-9H,5-7H2,1-4H3. The third-order valence-electron chi connectivity index (χ3n) is 2.72. The molecule has 0 atom stereocenters. The first kappa shape index (κ1) is 13.8. The second-order valence-corrected chi connectivity index (χ2v) is 3.45. The summed E-state index contributed by atoms with van der Waals surface area (Å²) >= 11 is 0. The molecule has 0 aromatic rings. The molecule has 0 aromatic carbocycles. The predicted molar refractivity (Wildman–Crippen MR) is 62.7 cm³/mol. The first-order valence-corrected chi connectivity index (χ1v) is 5.48. The first-order chi connectivity index (χ1) is 7.15. The van der Waals surface area contributed by atoms with Gasteiger partial charge >= 0.3 is 0 Å². The number of carbonyl (C=O) groups is 2. The van der Waals surface area contributed by atoms with Crippen LogP contribution in [0.4, 0.5) is 0 Å². The van der Waals surface area contributed by atoms with Gasteiger partial charge in [0.2, 0.25) is 0 Å². The third kappa shape index (κ3) is 3.46. The van der Waals surface area contributed by atoms with Crippen LogP contribution in [-0.2, 0) is 9.59 Å². The Labute approximate surface area is 92.1 Å². The van der Waals surface area contributed by atoms with Gasteiger partial charge in [-0.25, -0.2) is 0 Å². The molecule has 0 bridgehead atoms. The molecule has 0 saturated carbocycles. The van der Waals surface area contributed by atoms with Gasteiger partial charge in [0.05, 0.1) is 0 Å². The van der Waals surface area contributed by atoms with Crippen LogP contribution >= 0.6 is 0 Å². The van der Waals surface area contributed by atoms with E-state index in [1.165, 1.54) is 0 Å². The molecule has 84 valence electrons. The fourth-order valence-electron chi connectivity index (χ4n) is 1.73. The van der Waals surface area contributed by atoms with Crippen molar-refractivity contribution in [2.24, 2.45) is 0 Å². The summed E-state index contributed by atoms with van der Waals surface area (Å²) in [5.74, 6) is 0. The average Bonchev–Trinajstić information content (AvgIpc) is 2.27. The molecule has 0 fully saturated rings. The van der Waals surface area contributed by atoms with Gasteiger partial charge < -0.3 is 0 Å². The summed E-state index contributed by atoms with van der Waals surface area (Å²) in [4.78, 5) is 21.7. The summed E-state index contributed by atoms with van der Waals surface area (Å²) in [5.41, 5.74) is 3.60. The second-order valence-electron chi connectivity index (χ2n) is 3.45. The molecule has 0 unspecified atom stereocenters. The van der Waals surface area contributed by atoms with E-state index in [0.29, 0.717) is 6.42 Å².